The fourth-order valence-electron chi connectivity index (χ4n) is 4.76. The van der Waals surface area contributed by atoms with Gasteiger partial charge in [-0.2, -0.15) is 13.2 Å². The summed E-state index contributed by atoms with van der Waals surface area (Å²) in [5.74, 6) is -2.04. The SMILES string of the molecule is CCN1CCN(c2ccc(S(=O)(=O)[C@@H]3C[C@H](C(=O)O)N(c4ncccc4C(F)(F)F)C3)c(Cl)c2)CC1. The quantitative estimate of drug-likeness (QED) is 0.589. The number of carbonyl (C=O) groups is 1. The van der Waals surface area contributed by atoms with Gasteiger partial charge in [0.25, 0.3) is 0 Å². The zero-order chi connectivity index (χ0) is 26.3. The third-order valence-corrected chi connectivity index (χ3v) is 9.37. The van der Waals surface area contributed by atoms with Gasteiger partial charge < -0.3 is 19.8 Å². The number of benzene rings is 1. The van der Waals surface area contributed by atoms with E-state index in [1.165, 1.54) is 6.07 Å². The van der Waals surface area contributed by atoms with Crippen LogP contribution in [0.1, 0.15) is 18.9 Å². The lowest BCUT2D eigenvalue weighted by atomic mass is 10.2. The zero-order valence-electron chi connectivity index (χ0n) is 19.4. The van der Waals surface area contributed by atoms with Gasteiger partial charge in [-0.25, -0.2) is 18.2 Å². The van der Waals surface area contributed by atoms with Gasteiger partial charge in [-0.05, 0) is 43.3 Å². The van der Waals surface area contributed by atoms with Crippen molar-refractivity contribution in [2.24, 2.45) is 0 Å². The van der Waals surface area contributed by atoms with Gasteiger partial charge in [-0.15, -0.1) is 0 Å². The molecule has 0 saturated carbocycles. The Morgan fingerprint density at radius 2 is 1.89 bits per heavy atom. The molecule has 0 bridgehead atoms. The van der Waals surface area contributed by atoms with E-state index in [9.17, 15) is 31.5 Å². The highest BCUT2D eigenvalue weighted by Crippen LogP contribution is 2.40. The van der Waals surface area contributed by atoms with E-state index in [0.717, 1.165) is 61.6 Å². The summed E-state index contributed by atoms with van der Waals surface area (Å²) in [6.07, 6.45) is -4.07. The molecule has 1 aromatic heterocycles. The van der Waals surface area contributed by atoms with Gasteiger partial charge in [0.15, 0.2) is 9.84 Å². The Hall–Kier alpha value is -2.57. The van der Waals surface area contributed by atoms with E-state index < -0.39 is 57.6 Å². The second-order valence-electron chi connectivity index (χ2n) is 8.82. The largest absolute Gasteiger partial charge is 0.480 e. The van der Waals surface area contributed by atoms with Crippen LogP contribution in [0.3, 0.4) is 0 Å². The number of alkyl halides is 3. The number of hydrogen-bond acceptors (Lipinski definition) is 7. The molecule has 2 saturated heterocycles. The van der Waals surface area contributed by atoms with Crippen LogP contribution >= 0.6 is 11.6 Å². The molecule has 1 N–H and O–H groups in total. The summed E-state index contributed by atoms with van der Waals surface area (Å²) in [5, 5.41) is 8.39. The van der Waals surface area contributed by atoms with Gasteiger partial charge in [0.05, 0.1) is 20.7 Å². The lowest BCUT2D eigenvalue weighted by molar-refractivity contribution is -0.140. The van der Waals surface area contributed by atoms with Crippen molar-refractivity contribution in [3.8, 4) is 0 Å². The number of sulfone groups is 1. The fraction of sp³-hybridized carbons (Fsp3) is 0.478. The van der Waals surface area contributed by atoms with Gasteiger partial charge >= 0.3 is 12.1 Å². The first-order chi connectivity index (χ1) is 16.9. The maximum atomic E-state index is 13.6. The van der Waals surface area contributed by atoms with E-state index >= 15 is 0 Å². The standard InChI is InChI=1S/C23H26ClF3N4O4S/c1-2-29-8-10-30(11-9-29)15-5-6-20(18(24)12-15)36(34,35)16-13-19(22(32)33)31(14-16)21-17(23(25,26)27)4-3-7-28-21/h3-7,12,16,19H,2,8-11,13-14H2,1H3,(H,32,33)/t16-,19-/m1/s1. The molecule has 2 atom stereocenters. The monoisotopic (exact) mass is 546 g/mol. The Kier molecular flexibility index (Phi) is 7.40. The van der Waals surface area contributed by atoms with Crippen molar-refractivity contribution in [1.82, 2.24) is 9.88 Å². The second-order valence-corrected chi connectivity index (χ2v) is 11.4. The number of pyridine rings is 1. The minimum Gasteiger partial charge on any atom is -0.480 e. The number of carboxylic acids is 1. The summed E-state index contributed by atoms with van der Waals surface area (Å²) in [7, 11) is -4.16. The van der Waals surface area contributed by atoms with Crippen LogP contribution in [0, 0.1) is 0 Å². The third-order valence-electron chi connectivity index (χ3n) is 6.76. The van der Waals surface area contributed by atoms with Gasteiger partial charge in [-0.1, -0.05) is 18.5 Å². The fourth-order valence-corrected chi connectivity index (χ4v) is 6.99. The topological polar surface area (TPSA) is 94.0 Å². The summed E-state index contributed by atoms with van der Waals surface area (Å²) in [4.78, 5) is 20.8. The summed E-state index contributed by atoms with van der Waals surface area (Å²) >= 11 is 6.40. The Labute approximate surface area is 212 Å². The number of halogens is 4. The van der Waals surface area contributed by atoms with Gasteiger partial charge in [0.2, 0.25) is 0 Å². The highest BCUT2D eigenvalue weighted by atomic mass is 35.5. The molecule has 2 aliphatic heterocycles. The Morgan fingerprint density at radius 1 is 1.19 bits per heavy atom. The van der Waals surface area contributed by atoms with E-state index in [0.29, 0.717) is 0 Å². The first-order valence-electron chi connectivity index (χ1n) is 11.5. The van der Waals surface area contributed by atoms with Crippen molar-refractivity contribution >= 4 is 38.9 Å². The minimum absolute atomic E-state index is 0.00966. The number of aromatic nitrogens is 1. The molecule has 4 rings (SSSR count). The van der Waals surface area contributed by atoms with E-state index in [-0.39, 0.29) is 9.92 Å². The molecule has 0 unspecified atom stereocenters. The summed E-state index contributed by atoms with van der Waals surface area (Å²) in [5.41, 5.74) is -0.352. The average Bonchev–Trinajstić information content (AvgIpc) is 3.30. The first-order valence-corrected chi connectivity index (χ1v) is 13.4. The van der Waals surface area contributed by atoms with Crippen LogP contribution < -0.4 is 9.80 Å². The maximum absolute atomic E-state index is 13.6. The van der Waals surface area contributed by atoms with Crippen molar-refractivity contribution in [1.29, 1.82) is 0 Å². The molecule has 2 aromatic rings. The molecule has 2 aliphatic rings. The molecule has 0 spiro atoms. The molecule has 36 heavy (non-hydrogen) atoms. The van der Waals surface area contributed by atoms with Crippen molar-refractivity contribution in [2.75, 3.05) is 49.1 Å². The van der Waals surface area contributed by atoms with Crippen molar-refractivity contribution in [2.45, 2.75) is 35.7 Å². The number of piperazine rings is 1. The summed E-state index contributed by atoms with van der Waals surface area (Å²) in [6.45, 7) is 5.84. The van der Waals surface area contributed by atoms with Crippen molar-refractivity contribution < 1.29 is 31.5 Å². The van der Waals surface area contributed by atoms with Gasteiger partial charge in [-0.3, -0.25) is 0 Å². The van der Waals surface area contributed by atoms with E-state index in [1.807, 2.05) is 0 Å². The lowest BCUT2D eigenvalue weighted by Gasteiger charge is -2.35. The zero-order valence-corrected chi connectivity index (χ0v) is 21.0. The smallest absolute Gasteiger partial charge is 0.419 e. The van der Waals surface area contributed by atoms with Crippen LogP contribution in [0.4, 0.5) is 24.7 Å². The summed E-state index contributed by atoms with van der Waals surface area (Å²) < 4.78 is 67.6. The number of nitrogens with zero attached hydrogens (tertiary/aromatic N) is 4. The average molecular weight is 547 g/mol. The Bertz CT molecular complexity index is 1240. The number of likely N-dealkylation sites (N-methyl/N-ethyl adjacent to an activating group) is 1. The number of rotatable bonds is 6. The summed E-state index contributed by atoms with van der Waals surface area (Å²) in [6, 6.07) is 5.00. The van der Waals surface area contributed by atoms with Crippen LogP contribution in [0.15, 0.2) is 41.4 Å². The number of hydrogen-bond donors (Lipinski definition) is 1. The molecule has 0 amide bonds. The number of carboxylic acid groups (broad SMARTS) is 1. The molecule has 1 aromatic carbocycles. The highest BCUT2D eigenvalue weighted by molar-refractivity contribution is 7.92. The van der Waals surface area contributed by atoms with E-state index in [1.54, 1.807) is 12.1 Å². The first kappa shape index (κ1) is 26.5. The normalized spacial score (nSPS) is 21.7. The van der Waals surface area contributed by atoms with Crippen LogP contribution in [-0.2, 0) is 20.8 Å². The van der Waals surface area contributed by atoms with Crippen molar-refractivity contribution in [3.63, 3.8) is 0 Å². The minimum atomic E-state index is -4.79. The third kappa shape index (κ3) is 5.12. The molecule has 3 heterocycles. The number of anilines is 2. The molecule has 0 aliphatic carbocycles. The molecular formula is C23H26ClF3N4O4S. The van der Waals surface area contributed by atoms with Crippen LogP contribution in [0.2, 0.25) is 5.02 Å². The molecule has 13 heteroatoms. The van der Waals surface area contributed by atoms with Crippen LogP contribution in [0.5, 0.6) is 0 Å². The molecular weight excluding hydrogens is 521 g/mol. The van der Waals surface area contributed by atoms with E-state index in [4.69, 9.17) is 11.6 Å². The van der Waals surface area contributed by atoms with E-state index in [2.05, 4.69) is 21.7 Å². The second kappa shape index (κ2) is 10.1. The van der Waals surface area contributed by atoms with Crippen molar-refractivity contribution in [3.05, 3.63) is 47.1 Å². The van der Waals surface area contributed by atoms with Crippen LogP contribution in [0.25, 0.3) is 0 Å². The highest BCUT2D eigenvalue weighted by Gasteiger charge is 2.47. The maximum Gasteiger partial charge on any atom is 0.419 e. The lowest BCUT2D eigenvalue weighted by Crippen LogP contribution is -2.46. The molecule has 0 radical (unpaired) electrons. The Balaban J connectivity index is 1.61. The molecule has 2 fully saturated rings. The predicted octanol–water partition coefficient (Wildman–Crippen LogP) is 3.40. The van der Waals surface area contributed by atoms with Gasteiger partial charge in [0, 0.05) is 44.6 Å². The van der Waals surface area contributed by atoms with Crippen LogP contribution in [-0.4, -0.2) is 79.9 Å². The molecule has 8 nitrogen and oxygen atoms in total. The van der Waals surface area contributed by atoms with Gasteiger partial charge in [0.1, 0.15) is 11.9 Å². The predicted molar refractivity (Wildman–Crippen MR) is 129 cm³/mol. The molecule has 196 valence electrons. The Morgan fingerprint density at radius 3 is 2.47 bits per heavy atom. The number of aliphatic carboxylic acids is 1.